The summed E-state index contributed by atoms with van der Waals surface area (Å²) in [7, 11) is 1.65. The van der Waals surface area contributed by atoms with E-state index in [1.807, 2.05) is 6.07 Å². The molecule has 20 heavy (non-hydrogen) atoms. The second-order valence-corrected chi connectivity index (χ2v) is 4.29. The van der Waals surface area contributed by atoms with Crippen molar-refractivity contribution in [2.45, 2.75) is 6.92 Å². The van der Waals surface area contributed by atoms with Gasteiger partial charge in [0.05, 0.1) is 5.69 Å². The average Bonchev–Trinajstić information content (AvgIpc) is 2.46. The van der Waals surface area contributed by atoms with Crippen LogP contribution in [0, 0.1) is 0 Å². The summed E-state index contributed by atoms with van der Waals surface area (Å²) in [6.45, 7) is 1.33. The lowest BCUT2D eigenvalue weighted by atomic mass is 10.2. The number of nitrogens with zero attached hydrogens (tertiary/aromatic N) is 1. The quantitative estimate of drug-likeness (QED) is 0.636. The van der Waals surface area contributed by atoms with Crippen molar-refractivity contribution in [3.8, 4) is 5.75 Å². The van der Waals surface area contributed by atoms with Crippen LogP contribution in [0.5, 0.6) is 5.75 Å². The number of ether oxygens (including phenoxy) is 1. The Morgan fingerprint density at radius 2 is 1.55 bits per heavy atom. The maximum absolute atomic E-state index is 12.4. The van der Waals surface area contributed by atoms with Crippen molar-refractivity contribution in [3.05, 3.63) is 60.2 Å². The number of para-hydroxylation sites is 2. The van der Waals surface area contributed by atoms with Crippen LogP contribution in [0.3, 0.4) is 0 Å². The number of carbonyl (C=O) groups is 2. The molecule has 0 heterocycles. The fraction of sp³-hybridized carbons (Fsp3) is 0.125. The Kier molecular flexibility index (Phi) is 4.15. The zero-order chi connectivity index (χ0) is 14.5. The van der Waals surface area contributed by atoms with Crippen molar-refractivity contribution in [3.63, 3.8) is 0 Å². The zero-order valence-corrected chi connectivity index (χ0v) is 11.4. The van der Waals surface area contributed by atoms with Crippen LogP contribution < -0.4 is 9.64 Å². The van der Waals surface area contributed by atoms with Crippen LogP contribution in [0.25, 0.3) is 0 Å². The second kappa shape index (κ2) is 6.02. The van der Waals surface area contributed by atoms with Crippen molar-refractivity contribution in [2.24, 2.45) is 0 Å². The van der Waals surface area contributed by atoms with Gasteiger partial charge < -0.3 is 9.64 Å². The first-order valence-electron chi connectivity index (χ1n) is 6.20. The van der Waals surface area contributed by atoms with Crippen LogP contribution in [0.1, 0.15) is 17.3 Å². The number of esters is 1. The van der Waals surface area contributed by atoms with Gasteiger partial charge in [-0.25, -0.2) is 0 Å². The highest BCUT2D eigenvalue weighted by molar-refractivity contribution is 6.06. The highest BCUT2D eigenvalue weighted by Crippen LogP contribution is 2.28. The summed E-state index contributed by atoms with van der Waals surface area (Å²) in [5.74, 6) is -0.213. The third-order valence-corrected chi connectivity index (χ3v) is 2.81. The minimum atomic E-state index is -0.419. The average molecular weight is 269 g/mol. The summed E-state index contributed by atoms with van der Waals surface area (Å²) < 4.78 is 5.12. The maximum atomic E-state index is 12.4. The Balaban J connectivity index is 2.31. The molecule has 2 aromatic rings. The van der Waals surface area contributed by atoms with Crippen molar-refractivity contribution in [1.82, 2.24) is 0 Å². The van der Waals surface area contributed by atoms with Gasteiger partial charge in [-0.15, -0.1) is 0 Å². The normalized spacial score (nSPS) is 9.90. The van der Waals surface area contributed by atoms with Gasteiger partial charge in [-0.05, 0) is 24.3 Å². The first-order valence-corrected chi connectivity index (χ1v) is 6.20. The topological polar surface area (TPSA) is 46.6 Å². The van der Waals surface area contributed by atoms with Crippen LogP contribution in [0.15, 0.2) is 54.6 Å². The Bertz CT molecular complexity index is 623. The van der Waals surface area contributed by atoms with E-state index in [1.54, 1.807) is 55.6 Å². The van der Waals surface area contributed by atoms with Gasteiger partial charge in [0.15, 0.2) is 5.75 Å². The molecule has 0 aliphatic rings. The third-order valence-electron chi connectivity index (χ3n) is 2.81. The summed E-state index contributed by atoms with van der Waals surface area (Å²) >= 11 is 0. The first kappa shape index (κ1) is 13.8. The molecule has 0 aliphatic carbocycles. The largest absolute Gasteiger partial charge is 0.424 e. The fourth-order valence-corrected chi connectivity index (χ4v) is 1.86. The number of anilines is 1. The lowest BCUT2D eigenvalue weighted by Gasteiger charge is -2.20. The van der Waals surface area contributed by atoms with Gasteiger partial charge in [-0.3, -0.25) is 9.59 Å². The molecule has 0 N–H and O–H groups in total. The van der Waals surface area contributed by atoms with E-state index >= 15 is 0 Å². The summed E-state index contributed by atoms with van der Waals surface area (Å²) in [4.78, 5) is 24.9. The van der Waals surface area contributed by atoms with Crippen LogP contribution in [0.4, 0.5) is 5.69 Å². The fourth-order valence-electron chi connectivity index (χ4n) is 1.86. The molecule has 0 atom stereocenters. The van der Waals surface area contributed by atoms with E-state index in [1.165, 1.54) is 11.8 Å². The van der Waals surface area contributed by atoms with E-state index in [4.69, 9.17) is 4.74 Å². The minimum absolute atomic E-state index is 0.162. The molecule has 0 spiro atoms. The van der Waals surface area contributed by atoms with Gasteiger partial charge in [-0.2, -0.15) is 0 Å². The van der Waals surface area contributed by atoms with Gasteiger partial charge in [-0.1, -0.05) is 30.3 Å². The molecule has 4 nitrogen and oxygen atoms in total. The van der Waals surface area contributed by atoms with Crippen molar-refractivity contribution in [2.75, 3.05) is 11.9 Å². The molecule has 4 heteroatoms. The van der Waals surface area contributed by atoms with E-state index in [0.717, 1.165) is 0 Å². The molecular weight excluding hydrogens is 254 g/mol. The van der Waals surface area contributed by atoms with Gasteiger partial charge in [0, 0.05) is 19.5 Å². The Hall–Kier alpha value is -2.62. The molecule has 0 radical (unpaired) electrons. The predicted octanol–water partition coefficient (Wildman–Crippen LogP) is 2.89. The van der Waals surface area contributed by atoms with E-state index in [2.05, 4.69) is 0 Å². The SMILES string of the molecule is CC(=O)Oc1ccccc1N(C)C(=O)c1ccccc1. The molecule has 2 rings (SSSR count). The Morgan fingerprint density at radius 3 is 2.20 bits per heavy atom. The maximum Gasteiger partial charge on any atom is 0.308 e. The van der Waals surface area contributed by atoms with Crippen LogP contribution in [0.2, 0.25) is 0 Å². The number of rotatable bonds is 3. The molecule has 2 aromatic carbocycles. The van der Waals surface area contributed by atoms with E-state index in [-0.39, 0.29) is 5.91 Å². The molecule has 0 saturated heterocycles. The number of benzene rings is 2. The summed E-state index contributed by atoms with van der Waals surface area (Å²) in [6.07, 6.45) is 0. The highest BCUT2D eigenvalue weighted by atomic mass is 16.5. The van der Waals surface area contributed by atoms with Crippen molar-refractivity contribution >= 4 is 17.6 Å². The lowest BCUT2D eigenvalue weighted by Crippen LogP contribution is -2.26. The molecule has 102 valence electrons. The molecule has 0 saturated carbocycles. The molecule has 0 aliphatic heterocycles. The Morgan fingerprint density at radius 1 is 0.950 bits per heavy atom. The molecule has 0 unspecified atom stereocenters. The number of hydrogen-bond donors (Lipinski definition) is 0. The molecular formula is C16H15NO3. The van der Waals surface area contributed by atoms with Gasteiger partial charge in [0.1, 0.15) is 0 Å². The van der Waals surface area contributed by atoms with Crippen molar-refractivity contribution < 1.29 is 14.3 Å². The number of amides is 1. The Labute approximate surface area is 117 Å². The monoisotopic (exact) mass is 269 g/mol. The number of carbonyl (C=O) groups excluding carboxylic acids is 2. The van der Waals surface area contributed by atoms with E-state index in [0.29, 0.717) is 17.0 Å². The van der Waals surface area contributed by atoms with Crippen LogP contribution in [-0.4, -0.2) is 18.9 Å². The van der Waals surface area contributed by atoms with Gasteiger partial charge >= 0.3 is 5.97 Å². The van der Waals surface area contributed by atoms with Crippen LogP contribution in [-0.2, 0) is 4.79 Å². The van der Waals surface area contributed by atoms with E-state index in [9.17, 15) is 9.59 Å². The van der Waals surface area contributed by atoms with Crippen LogP contribution >= 0.6 is 0 Å². The third kappa shape index (κ3) is 3.03. The van der Waals surface area contributed by atoms with Gasteiger partial charge in [0.2, 0.25) is 0 Å². The summed E-state index contributed by atoms with van der Waals surface area (Å²) in [5, 5.41) is 0. The molecule has 0 bridgehead atoms. The molecule has 0 fully saturated rings. The predicted molar refractivity (Wildman–Crippen MR) is 76.9 cm³/mol. The standard InChI is InChI=1S/C16H15NO3/c1-12(18)20-15-11-7-6-10-14(15)17(2)16(19)13-8-4-3-5-9-13/h3-11H,1-2H3. The minimum Gasteiger partial charge on any atom is -0.424 e. The zero-order valence-electron chi connectivity index (χ0n) is 11.4. The van der Waals surface area contributed by atoms with Gasteiger partial charge in [0.25, 0.3) is 5.91 Å². The molecule has 0 aromatic heterocycles. The van der Waals surface area contributed by atoms with E-state index < -0.39 is 5.97 Å². The molecule has 1 amide bonds. The number of hydrogen-bond acceptors (Lipinski definition) is 3. The lowest BCUT2D eigenvalue weighted by molar-refractivity contribution is -0.131. The first-order chi connectivity index (χ1) is 9.59. The summed E-state index contributed by atoms with van der Waals surface area (Å²) in [6, 6.07) is 15.9. The summed E-state index contributed by atoms with van der Waals surface area (Å²) in [5.41, 5.74) is 1.13. The second-order valence-electron chi connectivity index (χ2n) is 4.29. The van der Waals surface area contributed by atoms with Crippen molar-refractivity contribution in [1.29, 1.82) is 0 Å². The smallest absolute Gasteiger partial charge is 0.308 e. The highest BCUT2D eigenvalue weighted by Gasteiger charge is 2.17.